The fraction of sp³-hybridized carbons (Fsp3) is 0.296. The number of Topliss-reactive ketones (excluding diaryl/α,β-unsaturated/α-hetero) is 1. The Hall–Kier alpha value is -3.16. The molecular weight excluding hydrogens is 446 g/mol. The second kappa shape index (κ2) is 10.8. The molecule has 0 spiro atoms. The van der Waals surface area contributed by atoms with Crippen molar-refractivity contribution in [2.24, 2.45) is 0 Å². The molecule has 2 heterocycles. The van der Waals surface area contributed by atoms with E-state index in [0.717, 1.165) is 17.1 Å². The summed E-state index contributed by atoms with van der Waals surface area (Å²) in [5.74, 6) is 0.221. The van der Waals surface area contributed by atoms with Gasteiger partial charge >= 0.3 is 0 Å². The van der Waals surface area contributed by atoms with Crippen LogP contribution in [0.5, 0.6) is 0 Å². The SMILES string of the molecule is CCOCCCn1c(SCC(=O)c2cc(C)n(-c3ccccc3)c2C)nc2ccccc2c1=O. The minimum Gasteiger partial charge on any atom is -0.382 e. The van der Waals surface area contributed by atoms with Gasteiger partial charge in [-0.2, -0.15) is 0 Å². The molecule has 6 nitrogen and oxygen atoms in total. The zero-order valence-electron chi connectivity index (χ0n) is 19.8. The maximum atomic E-state index is 13.2. The average molecular weight is 476 g/mol. The van der Waals surface area contributed by atoms with Gasteiger partial charge < -0.3 is 9.30 Å². The average Bonchev–Trinajstić information content (AvgIpc) is 3.16. The third kappa shape index (κ3) is 5.00. The van der Waals surface area contributed by atoms with Gasteiger partial charge in [-0.15, -0.1) is 0 Å². The molecule has 0 fully saturated rings. The van der Waals surface area contributed by atoms with Crippen LogP contribution in [0, 0.1) is 13.8 Å². The Labute approximate surface area is 203 Å². The Bertz CT molecular complexity index is 1360. The van der Waals surface area contributed by atoms with E-state index in [9.17, 15) is 9.59 Å². The van der Waals surface area contributed by atoms with Crippen LogP contribution in [0.15, 0.2) is 70.6 Å². The van der Waals surface area contributed by atoms with E-state index in [2.05, 4.69) is 4.57 Å². The van der Waals surface area contributed by atoms with Crippen LogP contribution in [0.4, 0.5) is 0 Å². The maximum absolute atomic E-state index is 13.2. The van der Waals surface area contributed by atoms with Gasteiger partial charge in [-0.05, 0) is 57.5 Å². The summed E-state index contributed by atoms with van der Waals surface area (Å²) < 4.78 is 9.21. The summed E-state index contributed by atoms with van der Waals surface area (Å²) in [4.78, 5) is 31.1. The second-order valence-corrected chi connectivity index (χ2v) is 9.03. The van der Waals surface area contributed by atoms with Gasteiger partial charge in [0.15, 0.2) is 10.9 Å². The molecule has 2 aromatic carbocycles. The number of aryl methyl sites for hydroxylation is 1. The molecule has 176 valence electrons. The number of nitrogens with zero attached hydrogens (tertiary/aromatic N) is 3. The molecule has 0 atom stereocenters. The number of hydrogen-bond donors (Lipinski definition) is 0. The standard InChI is InChI=1S/C27H29N3O3S/c1-4-33-16-10-15-29-26(32)22-13-8-9-14-24(22)28-27(29)34-18-25(31)23-17-19(2)30(20(23)3)21-11-6-5-7-12-21/h5-9,11-14,17H,4,10,15-16,18H2,1-3H3. The van der Waals surface area contributed by atoms with E-state index in [1.54, 1.807) is 10.6 Å². The minimum atomic E-state index is -0.0840. The summed E-state index contributed by atoms with van der Waals surface area (Å²) in [6, 6.07) is 19.3. The maximum Gasteiger partial charge on any atom is 0.262 e. The summed E-state index contributed by atoms with van der Waals surface area (Å²) in [5.41, 5.74) is 4.21. The molecule has 0 bridgehead atoms. The quantitative estimate of drug-likeness (QED) is 0.136. The van der Waals surface area contributed by atoms with Crippen molar-refractivity contribution in [3.05, 3.63) is 88.0 Å². The van der Waals surface area contributed by atoms with Crippen LogP contribution in [0.25, 0.3) is 16.6 Å². The van der Waals surface area contributed by atoms with E-state index in [-0.39, 0.29) is 17.1 Å². The van der Waals surface area contributed by atoms with Crippen LogP contribution >= 0.6 is 11.8 Å². The summed E-state index contributed by atoms with van der Waals surface area (Å²) in [5, 5.41) is 1.14. The summed E-state index contributed by atoms with van der Waals surface area (Å²) in [6.45, 7) is 7.63. The van der Waals surface area contributed by atoms with E-state index in [4.69, 9.17) is 9.72 Å². The van der Waals surface area contributed by atoms with Crippen LogP contribution in [-0.4, -0.2) is 38.9 Å². The fourth-order valence-corrected chi connectivity index (χ4v) is 5.06. The molecule has 0 aliphatic carbocycles. The first kappa shape index (κ1) is 24.0. The molecule has 34 heavy (non-hydrogen) atoms. The molecule has 0 saturated carbocycles. The van der Waals surface area contributed by atoms with Gasteiger partial charge in [-0.1, -0.05) is 42.1 Å². The number of para-hydroxylation sites is 2. The van der Waals surface area contributed by atoms with Crippen LogP contribution < -0.4 is 5.56 Å². The van der Waals surface area contributed by atoms with Crippen molar-refractivity contribution >= 4 is 28.4 Å². The summed E-state index contributed by atoms with van der Waals surface area (Å²) in [7, 11) is 0. The first-order valence-corrected chi connectivity index (χ1v) is 12.5. The highest BCUT2D eigenvalue weighted by atomic mass is 32.2. The Kier molecular flexibility index (Phi) is 7.65. The summed E-state index contributed by atoms with van der Waals surface area (Å²) >= 11 is 1.31. The molecule has 0 aliphatic heterocycles. The predicted octanol–water partition coefficient (Wildman–Crippen LogP) is 5.21. The Morgan fingerprint density at radius 2 is 1.79 bits per heavy atom. The van der Waals surface area contributed by atoms with Crippen LogP contribution in [0.2, 0.25) is 0 Å². The molecule has 4 rings (SSSR count). The van der Waals surface area contributed by atoms with Gasteiger partial charge in [0.1, 0.15) is 0 Å². The van der Waals surface area contributed by atoms with Gasteiger partial charge in [0, 0.05) is 42.4 Å². The number of ether oxygens (including phenoxy) is 1. The number of fused-ring (bicyclic) bond motifs is 1. The Morgan fingerprint density at radius 3 is 2.56 bits per heavy atom. The lowest BCUT2D eigenvalue weighted by Crippen LogP contribution is -2.24. The lowest BCUT2D eigenvalue weighted by Gasteiger charge is -2.13. The molecule has 0 unspecified atom stereocenters. The third-order valence-corrected chi connectivity index (χ3v) is 6.76. The van der Waals surface area contributed by atoms with Crippen molar-refractivity contribution in [2.45, 2.75) is 38.9 Å². The van der Waals surface area contributed by atoms with Gasteiger partial charge in [-0.25, -0.2) is 4.98 Å². The lowest BCUT2D eigenvalue weighted by molar-refractivity contribution is 0.102. The first-order chi connectivity index (χ1) is 16.5. The number of hydrogen-bond acceptors (Lipinski definition) is 5. The largest absolute Gasteiger partial charge is 0.382 e. The second-order valence-electron chi connectivity index (χ2n) is 8.09. The molecule has 0 radical (unpaired) electrons. The van der Waals surface area contributed by atoms with Crippen LogP contribution in [0.3, 0.4) is 0 Å². The van der Waals surface area contributed by atoms with Crippen molar-refractivity contribution in [3.63, 3.8) is 0 Å². The number of rotatable bonds is 10. The highest BCUT2D eigenvalue weighted by molar-refractivity contribution is 7.99. The van der Waals surface area contributed by atoms with Gasteiger partial charge in [0.25, 0.3) is 5.56 Å². The van der Waals surface area contributed by atoms with Crippen molar-refractivity contribution < 1.29 is 9.53 Å². The zero-order chi connectivity index (χ0) is 24.1. The molecule has 0 saturated heterocycles. The topological polar surface area (TPSA) is 66.1 Å². The Balaban J connectivity index is 1.59. The molecule has 0 N–H and O–H groups in total. The highest BCUT2D eigenvalue weighted by Crippen LogP contribution is 2.24. The number of thioether (sulfide) groups is 1. The smallest absolute Gasteiger partial charge is 0.262 e. The van der Waals surface area contributed by atoms with Crippen LogP contribution in [-0.2, 0) is 11.3 Å². The normalized spacial score (nSPS) is 11.3. The molecule has 4 aromatic rings. The van der Waals surface area contributed by atoms with Crippen LogP contribution in [0.1, 0.15) is 35.1 Å². The van der Waals surface area contributed by atoms with Gasteiger partial charge in [0.05, 0.1) is 16.7 Å². The van der Waals surface area contributed by atoms with E-state index in [1.165, 1.54) is 11.8 Å². The van der Waals surface area contributed by atoms with Crippen molar-refractivity contribution in [1.29, 1.82) is 0 Å². The monoisotopic (exact) mass is 475 g/mol. The fourth-order valence-electron chi connectivity index (χ4n) is 4.15. The van der Waals surface area contributed by atoms with E-state index in [0.29, 0.717) is 47.8 Å². The van der Waals surface area contributed by atoms with Gasteiger partial charge in [-0.3, -0.25) is 14.2 Å². The Morgan fingerprint density at radius 1 is 1.06 bits per heavy atom. The minimum absolute atomic E-state index is 0.0172. The number of aromatic nitrogens is 3. The molecule has 7 heteroatoms. The third-order valence-electron chi connectivity index (χ3n) is 5.78. The number of ketones is 1. The van der Waals surface area contributed by atoms with Crippen molar-refractivity contribution in [2.75, 3.05) is 19.0 Å². The zero-order valence-corrected chi connectivity index (χ0v) is 20.6. The van der Waals surface area contributed by atoms with Crippen molar-refractivity contribution in [1.82, 2.24) is 14.1 Å². The van der Waals surface area contributed by atoms with Crippen molar-refractivity contribution in [3.8, 4) is 5.69 Å². The first-order valence-electron chi connectivity index (χ1n) is 11.5. The highest BCUT2D eigenvalue weighted by Gasteiger charge is 2.19. The number of carbonyl (C=O) groups is 1. The lowest BCUT2D eigenvalue weighted by atomic mass is 10.2. The molecule has 0 aliphatic rings. The van der Waals surface area contributed by atoms with E-state index < -0.39 is 0 Å². The van der Waals surface area contributed by atoms with Gasteiger partial charge in [0.2, 0.25) is 0 Å². The predicted molar refractivity (Wildman–Crippen MR) is 137 cm³/mol. The van der Waals surface area contributed by atoms with E-state index in [1.807, 2.05) is 75.4 Å². The molecule has 0 amide bonds. The summed E-state index contributed by atoms with van der Waals surface area (Å²) in [6.07, 6.45) is 0.702. The molecular formula is C27H29N3O3S. The number of benzene rings is 2. The molecule has 2 aromatic heterocycles. The van der Waals surface area contributed by atoms with E-state index >= 15 is 0 Å². The number of carbonyl (C=O) groups excluding carboxylic acids is 1.